The van der Waals surface area contributed by atoms with E-state index >= 15 is 0 Å². The van der Waals surface area contributed by atoms with Crippen LogP contribution in [0.1, 0.15) is 47.1 Å². The first-order valence-electron chi connectivity index (χ1n) is 10.4. The Balaban J connectivity index is 1.61. The third kappa shape index (κ3) is 5.90. The van der Waals surface area contributed by atoms with Gasteiger partial charge in [-0.25, -0.2) is 0 Å². The molecule has 0 atom stereocenters. The van der Waals surface area contributed by atoms with E-state index in [9.17, 15) is 9.59 Å². The molecule has 2 amide bonds. The molecule has 1 saturated heterocycles. The molecular weight excluding hydrogens is 378 g/mol. The highest BCUT2D eigenvalue weighted by atomic mass is 16.5. The average Bonchev–Trinajstić information content (AvgIpc) is 2.74. The van der Waals surface area contributed by atoms with Crippen molar-refractivity contribution in [3.63, 3.8) is 0 Å². The molecule has 0 aliphatic carbocycles. The summed E-state index contributed by atoms with van der Waals surface area (Å²) in [4.78, 5) is 27.6. The number of amides is 2. The van der Waals surface area contributed by atoms with Gasteiger partial charge >= 0.3 is 0 Å². The van der Waals surface area contributed by atoms with Crippen LogP contribution < -0.4 is 10.6 Å². The van der Waals surface area contributed by atoms with Gasteiger partial charge in [0.2, 0.25) is 0 Å². The third-order valence-corrected chi connectivity index (χ3v) is 5.25. The Labute approximate surface area is 178 Å². The van der Waals surface area contributed by atoms with E-state index in [0.717, 1.165) is 32.8 Å². The van der Waals surface area contributed by atoms with E-state index in [1.165, 1.54) is 5.56 Å². The number of hydrogen-bond acceptors (Lipinski definition) is 4. The highest BCUT2D eigenvalue weighted by Gasteiger charge is 2.17. The SMILES string of the molecule is CC(C)(C)c1ccc(C(=O)Nc2ccccc2C(=O)NCCN2CCOCC2)cc1. The molecule has 0 saturated carbocycles. The first-order chi connectivity index (χ1) is 14.3. The minimum atomic E-state index is -0.232. The third-order valence-electron chi connectivity index (χ3n) is 5.25. The van der Waals surface area contributed by atoms with E-state index < -0.39 is 0 Å². The number of hydrogen-bond donors (Lipinski definition) is 2. The number of ether oxygens (including phenoxy) is 1. The van der Waals surface area contributed by atoms with E-state index in [-0.39, 0.29) is 17.2 Å². The number of rotatable bonds is 6. The number of benzene rings is 2. The summed E-state index contributed by atoms with van der Waals surface area (Å²) in [5.41, 5.74) is 2.72. The van der Waals surface area contributed by atoms with E-state index in [1.807, 2.05) is 30.3 Å². The Bertz CT molecular complexity index is 866. The van der Waals surface area contributed by atoms with Gasteiger partial charge in [-0.3, -0.25) is 14.5 Å². The Hall–Kier alpha value is -2.70. The molecule has 0 unspecified atom stereocenters. The molecule has 6 heteroatoms. The lowest BCUT2D eigenvalue weighted by Crippen LogP contribution is -2.41. The molecule has 1 aliphatic heterocycles. The van der Waals surface area contributed by atoms with Crippen molar-refractivity contribution in [3.05, 3.63) is 65.2 Å². The molecular formula is C24H31N3O3. The fourth-order valence-corrected chi connectivity index (χ4v) is 3.35. The van der Waals surface area contributed by atoms with Crippen LogP contribution in [0.25, 0.3) is 0 Å². The van der Waals surface area contributed by atoms with Crippen LogP contribution in [-0.4, -0.2) is 56.1 Å². The molecule has 2 aromatic rings. The summed E-state index contributed by atoms with van der Waals surface area (Å²) in [6, 6.07) is 14.7. The molecule has 2 N–H and O–H groups in total. The van der Waals surface area contributed by atoms with Crippen LogP contribution in [0, 0.1) is 0 Å². The highest BCUT2D eigenvalue weighted by Crippen LogP contribution is 2.23. The molecule has 0 radical (unpaired) electrons. The summed E-state index contributed by atoms with van der Waals surface area (Å²) in [5, 5.41) is 5.83. The number of morpholine rings is 1. The van der Waals surface area contributed by atoms with Crippen molar-refractivity contribution in [2.24, 2.45) is 0 Å². The molecule has 2 aromatic carbocycles. The van der Waals surface area contributed by atoms with Crippen molar-refractivity contribution in [2.45, 2.75) is 26.2 Å². The van der Waals surface area contributed by atoms with Gasteiger partial charge < -0.3 is 15.4 Å². The maximum Gasteiger partial charge on any atom is 0.255 e. The standard InChI is InChI=1S/C24H31N3O3/c1-24(2,3)19-10-8-18(9-11-19)22(28)26-21-7-5-4-6-20(21)23(29)25-12-13-27-14-16-30-17-15-27/h4-11H,12-17H2,1-3H3,(H,25,29)(H,26,28). The fourth-order valence-electron chi connectivity index (χ4n) is 3.35. The van der Waals surface area contributed by atoms with Gasteiger partial charge in [0.1, 0.15) is 0 Å². The van der Waals surface area contributed by atoms with Gasteiger partial charge in [0.25, 0.3) is 11.8 Å². The lowest BCUT2D eigenvalue weighted by molar-refractivity contribution is 0.0383. The van der Waals surface area contributed by atoms with Crippen LogP contribution in [-0.2, 0) is 10.2 Å². The van der Waals surface area contributed by atoms with Crippen LogP contribution in [0.4, 0.5) is 5.69 Å². The number of anilines is 1. The quantitative estimate of drug-likeness (QED) is 0.768. The maximum atomic E-state index is 12.7. The van der Waals surface area contributed by atoms with Gasteiger partial charge in [0.05, 0.1) is 24.5 Å². The predicted octanol–water partition coefficient (Wildman–Crippen LogP) is 3.30. The zero-order chi connectivity index (χ0) is 21.6. The first kappa shape index (κ1) is 22.0. The summed E-state index contributed by atoms with van der Waals surface area (Å²) in [6.07, 6.45) is 0. The summed E-state index contributed by atoms with van der Waals surface area (Å²) in [6.45, 7) is 11.0. The first-order valence-corrected chi connectivity index (χ1v) is 10.4. The normalized spacial score (nSPS) is 14.9. The molecule has 30 heavy (non-hydrogen) atoms. The van der Waals surface area contributed by atoms with Crippen molar-refractivity contribution in [1.82, 2.24) is 10.2 Å². The molecule has 3 rings (SSSR count). The minimum absolute atomic E-state index is 0.0287. The number of nitrogens with one attached hydrogen (secondary N) is 2. The monoisotopic (exact) mass is 409 g/mol. The molecule has 160 valence electrons. The summed E-state index contributed by atoms with van der Waals surface area (Å²) >= 11 is 0. The second-order valence-corrected chi connectivity index (χ2v) is 8.54. The average molecular weight is 410 g/mol. The molecule has 1 fully saturated rings. The van der Waals surface area contributed by atoms with E-state index in [0.29, 0.717) is 23.4 Å². The lowest BCUT2D eigenvalue weighted by atomic mass is 9.86. The van der Waals surface area contributed by atoms with Gasteiger partial charge in [-0.1, -0.05) is 45.0 Å². The van der Waals surface area contributed by atoms with Crippen LogP contribution in [0.15, 0.2) is 48.5 Å². The van der Waals surface area contributed by atoms with Crippen molar-refractivity contribution in [3.8, 4) is 0 Å². The van der Waals surface area contributed by atoms with Crippen molar-refractivity contribution in [1.29, 1.82) is 0 Å². The Morgan fingerprint density at radius 2 is 1.63 bits per heavy atom. The molecule has 1 heterocycles. The van der Waals surface area contributed by atoms with Crippen molar-refractivity contribution < 1.29 is 14.3 Å². The number of nitrogens with zero attached hydrogens (tertiary/aromatic N) is 1. The van der Waals surface area contributed by atoms with E-state index in [4.69, 9.17) is 4.74 Å². The molecule has 0 aromatic heterocycles. The Kier molecular flexibility index (Phi) is 7.24. The lowest BCUT2D eigenvalue weighted by Gasteiger charge is -2.26. The predicted molar refractivity (Wildman–Crippen MR) is 119 cm³/mol. The molecule has 0 spiro atoms. The minimum Gasteiger partial charge on any atom is -0.379 e. The highest BCUT2D eigenvalue weighted by molar-refractivity contribution is 6.09. The largest absolute Gasteiger partial charge is 0.379 e. The van der Waals surface area contributed by atoms with Gasteiger partial charge in [-0.2, -0.15) is 0 Å². The van der Waals surface area contributed by atoms with Crippen LogP contribution >= 0.6 is 0 Å². The Morgan fingerprint density at radius 3 is 2.30 bits per heavy atom. The second-order valence-electron chi connectivity index (χ2n) is 8.54. The molecule has 0 bridgehead atoms. The van der Waals surface area contributed by atoms with E-state index in [1.54, 1.807) is 18.2 Å². The second kappa shape index (κ2) is 9.87. The Morgan fingerprint density at radius 1 is 0.967 bits per heavy atom. The van der Waals surface area contributed by atoms with Crippen molar-refractivity contribution >= 4 is 17.5 Å². The molecule has 6 nitrogen and oxygen atoms in total. The van der Waals surface area contributed by atoms with Gasteiger partial charge in [-0.05, 0) is 35.2 Å². The van der Waals surface area contributed by atoms with Crippen LogP contribution in [0.5, 0.6) is 0 Å². The van der Waals surface area contributed by atoms with Crippen molar-refractivity contribution in [2.75, 3.05) is 44.7 Å². The number of para-hydroxylation sites is 1. The van der Waals surface area contributed by atoms with Crippen LogP contribution in [0.3, 0.4) is 0 Å². The summed E-state index contributed by atoms with van der Waals surface area (Å²) < 4.78 is 5.34. The zero-order valence-electron chi connectivity index (χ0n) is 18.0. The fraction of sp³-hybridized carbons (Fsp3) is 0.417. The van der Waals surface area contributed by atoms with Gasteiger partial charge in [0, 0.05) is 31.7 Å². The van der Waals surface area contributed by atoms with Gasteiger partial charge in [0.15, 0.2) is 0 Å². The topological polar surface area (TPSA) is 70.7 Å². The number of carbonyl (C=O) groups is 2. The number of carbonyl (C=O) groups excluding carboxylic acids is 2. The smallest absolute Gasteiger partial charge is 0.255 e. The maximum absolute atomic E-state index is 12.7. The van der Waals surface area contributed by atoms with Crippen LogP contribution in [0.2, 0.25) is 0 Å². The van der Waals surface area contributed by atoms with Gasteiger partial charge in [-0.15, -0.1) is 0 Å². The van der Waals surface area contributed by atoms with E-state index in [2.05, 4.69) is 36.3 Å². The zero-order valence-corrected chi connectivity index (χ0v) is 18.0. The summed E-state index contributed by atoms with van der Waals surface area (Å²) in [7, 11) is 0. The molecule has 1 aliphatic rings. The summed E-state index contributed by atoms with van der Waals surface area (Å²) in [5.74, 6) is -0.425.